The summed E-state index contributed by atoms with van der Waals surface area (Å²) in [6.45, 7) is 7.71. The van der Waals surface area contributed by atoms with Crippen LogP contribution in [0.2, 0.25) is 5.02 Å². The van der Waals surface area contributed by atoms with E-state index in [0.717, 1.165) is 37.9 Å². The van der Waals surface area contributed by atoms with Crippen molar-refractivity contribution < 1.29 is 27.8 Å². The molecule has 5 nitrogen and oxygen atoms in total. The summed E-state index contributed by atoms with van der Waals surface area (Å²) in [5, 5.41) is 11.2. The highest BCUT2D eigenvalue weighted by atomic mass is 35.5. The minimum Gasteiger partial charge on any atom is -0.391 e. The summed E-state index contributed by atoms with van der Waals surface area (Å²) in [5.41, 5.74) is 0.337. The van der Waals surface area contributed by atoms with E-state index in [-0.39, 0.29) is 48.1 Å². The second-order valence-corrected chi connectivity index (χ2v) is 13.2. The number of hydrogen-bond donors (Lipinski definition) is 1. The second-order valence-electron chi connectivity index (χ2n) is 12.8. The molecule has 0 spiro atoms. The van der Waals surface area contributed by atoms with E-state index in [9.17, 15) is 23.1 Å². The molecule has 0 bridgehead atoms. The fourth-order valence-corrected chi connectivity index (χ4v) is 6.47. The minimum atomic E-state index is -2.61. The Morgan fingerprint density at radius 2 is 1.85 bits per heavy atom. The first-order valence-electron chi connectivity index (χ1n) is 14.5. The molecule has 1 aliphatic carbocycles. The smallest absolute Gasteiger partial charge is 0.248 e. The molecule has 9 heteroatoms. The van der Waals surface area contributed by atoms with Crippen LogP contribution in [0.1, 0.15) is 70.8 Å². The molecule has 1 aromatic rings. The second kappa shape index (κ2) is 13.1. The average molecular weight is 573 g/mol. The van der Waals surface area contributed by atoms with E-state index in [4.69, 9.17) is 16.3 Å². The number of ether oxygens (including phenoxy) is 1. The molecule has 1 N–H and O–H groups in total. The fraction of sp³-hybridized carbons (Fsp3) is 0.767. The van der Waals surface area contributed by atoms with Gasteiger partial charge in [-0.25, -0.2) is 13.2 Å². The predicted molar refractivity (Wildman–Crippen MR) is 146 cm³/mol. The van der Waals surface area contributed by atoms with E-state index in [0.29, 0.717) is 45.6 Å². The SMILES string of the molecule is CC1(C)COCCC[C@H]2CN(Cc3ccc(Cl)c(F)c3)CC[C@H]2CC(=O)N(CC2CCC(F)(F)CC2)C[C@@H]1O. The normalized spacial score (nSPS) is 29.7. The molecule has 1 saturated carbocycles. The Hall–Kier alpha value is -1.35. The number of rotatable bonds is 4. The van der Waals surface area contributed by atoms with E-state index >= 15 is 0 Å². The number of hydrogen-bond acceptors (Lipinski definition) is 4. The summed E-state index contributed by atoms with van der Waals surface area (Å²) in [4.78, 5) is 17.8. The number of amides is 1. The van der Waals surface area contributed by atoms with Crippen molar-refractivity contribution >= 4 is 17.5 Å². The Labute approximate surface area is 236 Å². The fourth-order valence-electron chi connectivity index (χ4n) is 6.35. The molecule has 3 atom stereocenters. The number of aliphatic hydroxyl groups excluding tert-OH is 1. The molecule has 1 aromatic carbocycles. The Bertz CT molecular complexity index is 969. The predicted octanol–water partition coefficient (Wildman–Crippen LogP) is 6.16. The van der Waals surface area contributed by atoms with Crippen LogP contribution in [0.3, 0.4) is 0 Å². The van der Waals surface area contributed by atoms with E-state index < -0.39 is 23.3 Å². The average Bonchev–Trinajstić information content (AvgIpc) is 2.88. The van der Waals surface area contributed by atoms with Crippen LogP contribution in [0, 0.1) is 29.0 Å². The lowest BCUT2D eigenvalue weighted by Gasteiger charge is -2.40. The van der Waals surface area contributed by atoms with Gasteiger partial charge in [0.1, 0.15) is 5.82 Å². The number of likely N-dealkylation sites (tertiary alicyclic amines) is 1. The van der Waals surface area contributed by atoms with Gasteiger partial charge in [0.25, 0.3) is 0 Å². The zero-order chi connectivity index (χ0) is 28.2. The van der Waals surface area contributed by atoms with Crippen LogP contribution in [-0.4, -0.2) is 72.2 Å². The maximum Gasteiger partial charge on any atom is 0.248 e. The molecular weight excluding hydrogens is 529 g/mol. The molecule has 39 heavy (non-hydrogen) atoms. The lowest BCUT2D eigenvalue weighted by molar-refractivity contribution is -0.138. The van der Waals surface area contributed by atoms with Crippen LogP contribution >= 0.6 is 11.6 Å². The van der Waals surface area contributed by atoms with Gasteiger partial charge in [0, 0.05) is 57.5 Å². The number of β-amino-alcohol motifs (C(OH)–C–C–N with tert-alkyl or cyclic N) is 1. The van der Waals surface area contributed by atoms with E-state index in [1.54, 1.807) is 11.0 Å². The number of alkyl halides is 2. The molecule has 0 unspecified atom stereocenters. The minimum absolute atomic E-state index is 0.00516. The highest BCUT2D eigenvalue weighted by Gasteiger charge is 2.39. The first kappa shape index (κ1) is 30.6. The van der Waals surface area contributed by atoms with Gasteiger partial charge in [-0.3, -0.25) is 9.69 Å². The van der Waals surface area contributed by atoms with Gasteiger partial charge in [0.15, 0.2) is 0 Å². The maximum atomic E-state index is 14.0. The number of carbonyl (C=O) groups excluding carboxylic acids is 1. The largest absolute Gasteiger partial charge is 0.391 e. The standard InChI is InChI=1S/C30H44ClF3N2O3/c1-29(2)20-39-13-3-4-24-18-35(16-22-5-6-25(31)26(32)14-22)12-9-23(24)15-28(38)36(19-27(29)37)17-21-7-10-30(33,34)11-8-21/h5-6,14,21,23-24,27,37H,3-4,7-13,15-20H2,1-2H3/t23-,24-,27-/m0/s1. The monoisotopic (exact) mass is 572 g/mol. The van der Waals surface area contributed by atoms with Crippen molar-refractivity contribution in [3.63, 3.8) is 0 Å². The van der Waals surface area contributed by atoms with Crippen LogP contribution in [0.5, 0.6) is 0 Å². The number of halogens is 4. The Morgan fingerprint density at radius 1 is 1.10 bits per heavy atom. The van der Waals surface area contributed by atoms with Crippen molar-refractivity contribution in [2.24, 2.45) is 23.2 Å². The third-order valence-electron chi connectivity index (χ3n) is 9.10. The van der Waals surface area contributed by atoms with Crippen LogP contribution in [-0.2, 0) is 16.1 Å². The molecule has 2 aliphatic heterocycles. The summed E-state index contributed by atoms with van der Waals surface area (Å²) < 4.78 is 47.5. The first-order valence-corrected chi connectivity index (χ1v) is 14.9. The Morgan fingerprint density at radius 3 is 2.56 bits per heavy atom. The van der Waals surface area contributed by atoms with Gasteiger partial charge in [-0.1, -0.05) is 31.5 Å². The van der Waals surface area contributed by atoms with Crippen molar-refractivity contribution in [3.05, 3.63) is 34.6 Å². The quantitative estimate of drug-likeness (QED) is 0.469. The molecule has 3 fully saturated rings. The molecule has 220 valence electrons. The van der Waals surface area contributed by atoms with E-state index in [2.05, 4.69) is 4.90 Å². The van der Waals surface area contributed by atoms with Crippen molar-refractivity contribution in [1.29, 1.82) is 0 Å². The van der Waals surface area contributed by atoms with Gasteiger partial charge >= 0.3 is 0 Å². The third kappa shape index (κ3) is 8.57. The molecular formula is C30H44ClF3N2O3. The summed E-state index contributed by atoms with van der Waals surface area (Å²) in [6, 6.07) is 4.93. The molecule has 2 heterocycles. The van der Waals surface area contributed by atoms with Crippen molar-refractivity contribution in [3.8, 4) is 0 Å². The van der Waals surface area contributed by atoms with Gasteiger partial charge in [0.05, 0.1) is 17.7 Å². The highest BCUT2D eigenvalue weighted by Crippen LogP contribution is 2.37. The molecule has 0 aromatic heterocycles. The van der Waals surface area contributed by atoms with Crippen LogP contribution < -0.4 is 0 Å². The van der Waals surface area contributed by atoms with Crippen molar-refractivity contribution in [2.75, 3.05) is 39.4 Å². The van der Waals surface area contributed by atoms with E-state index in [1.807, 2.05) is 19.9 Å². The summed E-state index contributed by atoms with van der Waals surface area (Å²) >= 11 is 5.85. The zero-order valence-electron chi connectivity index (χ0n) is 23.3. The Balaban J connectivity index is 1.46. The first-order chi connectivity index (χ1) is 18.4. The zero-order valence-corrected chi connectivity index (χ0v) is 24.1. The third-order valence-corrected chi connectivity index (χ3v) is 9.41. The molecule has 3 aliphatic rings. The summed E-state index contributed by atoms with van der Waals surface area (Å²) in [7, 11) is 0. The van der Waals surface area contributed by atoms with Gasteiger partial charge in [0.2, 0.25) is 11.8 Å². The summed E-state index contributed by atoms with van der Waals surface area (Å²) in [5.74, 6) is -2.52. The maximum absolute atomic E-state index is 14.0. The van der Waals surface area contributed by atoms with Gasteiger partial charge in [-0.15, -0.1) is 0 Å². The van der Waals surface area contributed by atoms with Crippen LogP contribution in [0.15, 0.2) is 18.2 Å². The molecule has 4 rings (SSSR count). The number of piperidine rings is 1. The van der Waals surface area contributed by atoms with Crippen LogP contribution in [0.25, 0.3) is 0 Å². The lowest BCUT2D eigenvalue weighted by Crippen LogP contribution is -2.48. The van der Waals surface area contributed by atoms with E-state index in [1.165, 1.54) is 6.07 Å². The van der Waals surface area contributed by atoms with Crippen LogP contribution in [0.4, 0.5) is 13.2 Å². The summed E-state index contributed by atoms with van der Waals surface area (Å²) in [6.07, 6.45) is 2.77. The number of aliphatic hydroxyl groups is 1. The Kier molecular flexibility index (Phi) is 10.3. The molecule has 2 saturated heterocycles. The van der Waals surface area contributed by atoms with Gasteiger partial charge in [-0.05, 0) is 74.1 Å². The van der Waals surface area contributed by atoms with Gasteiger partial charge in [-0.2, -0.15) is 0 Å². The molecule has 0 radical (unpaired) electrons. The molecule has 1 amide bonds. The lowest BCUT2D eigenvalue weighted by atomic mass is 9.79. The number of carbonyl (C=O) groups is 1. The van der Waals surface area contributed by atoms with Crippen molar-refractivity contribution in [1.82, 2.24) is 9.80 Å². The van der Waals surface area contributed by atoms with Gasteiger partial charge < -0.3 is 14.7 Å². The topological polar surface area (TPSA) is 53.0 Å². The van der Waals surface area contributed by atoms with Crippen molar-refractivity contribution in [2.45, 2.75) is 83.8 Å². The number of nitrogens with zero attached hydrogens (tertiary/aromatic N) is 2. The number of fused-ring (bicyclic) bond motifs is 1. The number of benzene rings is 1. The highest BCUT2D eigenvalue weighted by molar-refractivity contribution is 6.30.